The minimum atomic E-state index is 0.525. The summed E-state index contributed by atoms with van der Waals surface area (Å²) in [6.07, 6.45) is 0. The maximum absolute atomic E-state index is 4.47. The van der Waals surface area contributed by atoms with Gasteiger partial charge in [-0.15, -0.1) is 0 Å². The van der Waals surface area contributed by atoms with E-state index in [1.54, 1.807) is 0 Å². The van der Waals surface area contributed by atoms with Gasteiger partial charge >= 0.3 is 0 Å². The summed E-state index contributed by atoms with van der Waals surface area (Å²) in [6.45, 7) is 9.49. The third kappa shape index (κ3) is 3.97. The predicted molar refractivity (Wildman–Crippen MR) is 72.1 cm³/mol. The molecule has 1 N–H and O–H groups in total. The van der Waals surface area contributed by atoms with Gasteiger partial charge in [0.1, 0.15) is 11.6 Å². The van der Waals surface area contributed by atoms with Crippen molar-refractivity contribution in [2.45, 2.75) is 40.3 Å². The first-order chi connectivity index (χ1) is 7.93. The minimum Gasteiger partial charge on any atom is -0.373 e. The van der Waals surface area contributed by atoms with Crippen LogP contribution < -0.4 is 5.32 Å². The van der Waals surface area contributed by atoms with Crippen LogP contribution in [0.4, 0.5) is 5.82 Å². The van der Waals surface area contributed by atoms with Gasteiger partial charge in [0.25, 0.3) is 0 Å². The van der Waals surface area contributed by atoms with E-state index in [0.29, 0.717) is 12.0 Å². The highest BCUT2D eigenvalue weighted by Crippen LogP contribution is 2.12. The Hall–Kier alpha value is -1.16. The van der Waals surface area contributed by atoms with Crippen LogP contribution >= 0.6 is 0 Å². The smallest absolute Gasteiger partial charge is 0.144 e. The van der Waals surface area contributed by atoms with Crippen molar-refractivity contribution in [2.75, 3.05) is 19.4 Å². The number of aromatic nitrogens is 2. The fourth-order valence-electron chi connectivity index (χ4n) is 1.70. The van der Waals surface area contributed by atoms with Gasteiger partial charge in [0, 0.05) is 24.8 Å². The molecule has 1 atom stereocenters. The summed E-state index contributed by atoms with van der Waals surface area (Å²) in [5.41, 5.74) is 1.00. The van der Waals surface area contributed by atoms with Crippen LogP contribution in [0.1, 0.15) is 32.3 Å². The van der Waals surface area contributed by atoms with Crippen molar-refractivity contribution in [3.63, 3.8) is 0 Å². The molecule has 1 unspecified atom stereocenters. The summed E-state index contributed by atoms with van der Waals surface area (Å²) in [5, 5.41) is 3.06. The lowest BCUT2D eigenvalue weighted by Crippen LogP contribution is -2.33. The first-order valence-corrected chi connectivity index (χ1v) is 6.16. The van der Waals surface area contributed by atoms with E-state index in [1.807, 2.05) is 20.0 Å². The van der Waals surface area contributed by atoms with Gasteiger partial charge in [-0.2, -0.15) is 0 Å². The van der Waals surface area contributed by atoms with Crippen LogP contribution in [-0.2, 0) is 6.54 Å². The standard InChI is InChI=1S/C13H24N4/c1-9(2)11(4)17(6)8-13-15-10(3)7-12(14-5)16-13/h7,9,11H,8H2,1-6H3,(H,14,15,16). The second-order valence-corrected chi connectivity index (χ2v) is 4.96. The van der Waals surface area contributed by atoms with Gasteiger partial charge in [-0.05, 0) is 26.8 Å². The largest absolute Gasteiger partial charge is 0.373 e. The van der Waals surface area contributed by atoms with Crippen LogP contribution in [-0.4, -0.2) is 35.0 Å². The van der Waals surface area contributed by atoms with E-state index in [2.05, 4.69) is 48.0 Å². The Labute approximate surface area is 104 Å². The Morgan fingerprint density at radius 1 is 1.29 bits per heavy atom. The molecular weight excluding hydrogens is 212 g/mol. The average Bonchev–Trinajstić information content (AvgIpc) is 2.26. The van der Waals surface area contributed by atoms with Crippen LogP contribution in [0.2, 0.25) is 0 Å². The third-order valence-corrected chi connectivity index (χ3v) is 3.21. The Kier molecular flexibility index (Phi) is 4.87. The van der Waals surface area contributed by atoms with E-state index < -0.39 is 0 Å². The monoisotopic (exact) mass is 236 g/mol. The molecule has 17 heavy (non-hydrogen) atoms. The summed E-state index contributed by atoms with van der Waals surface area (Å²) >= 11 is 0. The maximum atomic E-state index is 4.47. The SMILES string of the molecule is CNc1cc(C)nc(CN(C)C(C)C(C)C)n1. The van der Waals surface area contributed by atoms with Crippen LogP contribution in [0.3, 0.4) is 0 Å². The molecule has 0 radical (unpaired) electrons. The number of hydrogen-bond donors (Lipinski definition) is 1. The second kappa shape index (κ2) is 5.96. The van der Waals surface area contributed by atoms with E-state index in [1.165, 1.54) is 0 Å². The third-order valence-electron chi connectivity index (χ3n) is 3.21. The predicted octanol–water partition coefficient (Wildman–Crippen LogP) is 2.30. The molecule has 1 aromatic heterocycles. The van der Waals surface area contributed by atoms with Gasteiger partial charge in [0.15, 0.2) is 0 Å². The molecular formula is C13H24N4. The zero-order chi connectivity index (χ0) is 13.0. The summed E-state index contributed by atoms with van der Waals surface area (Å²) in [6, 6.07) is 2.48. The molecule has 0 aliphatic rings. The first-order valence-electron chi connectivity index (χ1n) is 6.16. The number of nitrogens with one attached hydrogen (secondary N) is 1. The van der Waals surface area contributed by atoms with E-state index in [0.717, 1.165) is 23.9 Å². The molecule has 0 saturated carbocycles. The van der Waals surface area contributed by atoms with E-state index in [4.69, 9.17) is 0 Å². The van der Waals surface area contributed by atoms with Gasteiger partial charge in [-0.25, -0.2) is 9.97 Å². The van der Waals surface area contributed by atoms with Crippen molar-refractivity contribution in [3.8, 4) is 0 Å². The molecule has 0 aliphatic carbocycles. The molecule has 1 rings (SSSR count). The number of aryl methyl sites for hydroxylation is 1. The molecule has 0 spiro atoms. The molecule has 0 fully saturated rings. The lowest BCUT2D eigenvalue weighted by Gasteiger charge is -2.27. The van der Waals surface area contributed by atoms with E-state index >= 15 is 0 Å². The average molecular weight is 236 g/mol. The van der Waals surface area contributed by atoms with Crippen molar-refractivity contribution in [1.29, 1.82) is 0 Å². The van der Waals surface area contributed by atoms with Crippen LogP contribution in [0, 0.1) is 12.8 Å². The summed E-state index contributed by atoms with van der Waals surface area (Å²) in [5.74, 6) is 2.40. The lowest BCUT2D eigenvalue weighted by atomic mass is 10.1. The highest BCUT2D eigenvalue weighted by atomic mass is 15.2. The summed E-state index contributed by atoms with van der Waals surface area (Å²) < 4.78 is 0. The number of nitrogens with zero attached hydrogens (tertiary/aromatic N) is 3. The van der Waals surface area contributed by atoms with Crippen molar-refractivity contribution >= 4 is 5.82 Å². The Morgan fingerprint density at radius 3 is 2.47 bits per heavy atom. The van der Waals surface area contributed by atoms with Crippen molar-refractivity contribution in [2.24, 2.45) is 5.92 Å². The molecule has 0 bridgehead atoms. The quantitative estimate of drug-likeness (QED) is 0.851. The van der Waals surface area contributed by atoms with Crippen molar-refractivity contribution < 1.29 is 0 Å². The summed E-state index contributed by atoms with van der Waals surface area (Å²) in [4.78, 5) is 11.2. The molecule has 0 aliphatic heterocycles. The van der Waals surface area contributed by atoms with E-state index in [-0.39, 0.29) is 0 Å². The van der Waals surface area contributed by atoms with Crippen LogP contribution in [0.5, 0.6) is 0 Å². The fraction of sp³-hybridized carbons (Fsp3) is 0.692. The van der Waals surface area contributed by atoms with Gasteiger partial charge in [-0.1, -0.05) is 13.8 Å². The van der Waals surface area contributed by atoms with Crippen LogP contribution in [0.15, 0.2) is 6.07 Å². The van der Waals surface area contributed by atoms with Gasteiger partial charge in [0.2, 0.25) is 0 Å². The minimum absolute atomic E-state index is 0.525. The Balaban J connectivity index is 2.77. The van der Waals surface area contributed by atoms with Crippen LogP contribution in [0.25, 0.3) is 0 Å². The topological polar surface area (TPSA) is 41.1 Å². The lowest BCUT2D eigenvalue weighted by molar-refractivity contribution is 0.196. The highest BCUT2D eigenvalue weighted by molar-refractivity contribution is 5.34. The number of anilines is 1. The number of hydrogen-bond acceptors (Lipinski definition) is 4. The molecule has 1 heterocycles. The zero-order valence-electron chi connectivity index (χ0n) is 11.8. The van der Waals surface area contributed by atoms with Gasteiger partial charge in [-0.3, -0.25) is 4.90 Å². The molecule has 4 nitrogen and oxygen atoms in total. The fourth-order valence-corrected chi connectivity index (χ4v) is 1.70. The van der Waals surface area contributed by atoms with E-state index in [9.17, 15) is 0 Å². The zero-order valence-corrected chi connectivity index (χ0v) is 11.8. The molecule has 0 amide bonds. The van der Waals surface area contributed by atoms with Gasteiger partial charge in [0.05, 0.1) is 6.54 Å². The second-order valence-electron chi connectivity index (χ2n) is 4.96. The molecule has 0 aromatic carbocycles. The maximum Gasteiger partial charge on any atom is 0.144 e. The van der Waals surface area contributed by atoms with Crippen molar-refractivity contribution in [1.82, 2.24) is 14.9 Å². The number of rotatable bonds is 5. The first kappa shape index (κ1) is 13.9. The molecule has 4 heteroatoms. The molecule has 0 saturated heterocycles. The summed E-state index contributed by atoms with van der Waals surface area (Å²) in [7, 11) is 4.00. The Morgan fingerprint density at radius 2 is 1.94 bits per heavy atom. The van der Waals surface area contributed by atoms with Gasteiger partial charge < -0.3 is 5.32 Å². The Bertz CT molecular complexity index is 362. The normalized spacial score (nSPS) is 13.2. The molecule has 1 aromatic rings. The highest BCUT2D eigenvalue weighted by Gasteiger charge is 2.14. The van der Waals surface area contributed by atoms with Crippen molar-refractivity contribution in [3.05, 3.63) is 17.6 Å². The molecule has 96 valence electrons.